The number of pyridine rings is 1. The minimum Gasteiger partial charge on any atom is -0.383 e. The van der Waals surface area contributed by atoms with Crippen LogP contribution in [0.3, 0.4) is 0 Å². The largest absolute Gasteiger partial charge is 0.383 e. The number of anilines is 1. The van der Waals surface area contributed by atoms with Gasteiger partial charge in [0.25, 0.3) is 0 Å². The summed E-state index contributed by atoms with van der Waals surface area (Å²) >= 11 is 0. The molecule has 2 aromatic rings. The fourth-order valence-corrected chi connectivity index (χ4v) is 1.96. The van der Waals surface area contributed by atoms with Gasteiger partial charge in [-0.05, 0) is 54.8 Å². The molecule has 1 aromatic heterocycles. The third kappa shape index (κ3) is 1.76. The van der Waals surface area contributed by atoms with Crippen LogP contribution in [0.25, 0.3) is 11.1 Å². The molecule has 0 atom stereocenters. The zero-order valence-electron chi connectivity index (χ0n) is 9.29. The van der Waals surface area contributed by atoms with Crippen molar-refractivity contribution in [2.24, 2.45) is 0 Å². The Kier molecular flexibility index (Phi) is 2.60. The van der Waals surface area contributed by atoms with Crippen LogP contribution in [0.2, 0.25) is 0 Å². The summed E-state index contributed by atoms with van der Waals surface area (Å²) in [5.41, 5.74) is 9.39. The number of hydrogen-bond donors (Lipinski definition) is 1. The lowest BCUT2D eigenvalue weighted by atomic mass is 9.96. The van der Waals surface area contributed by atoms with Crippen LogP contribution < -0.4 is 5.73 Å². The van der Waals surface area contributed by atoms with Crippen molar-refractivity contribution < 1.29 is 4.39 Å². The van der Waals surface area contributed by atoms with Crippen molar-refractivity contribution in [1.82, 2.24) is 4.98 Å². The van der Waals surface area contributed by atoms with Gasteiger partial charge in [0, 0.05) is 11.8 Å². The minimum absolute atomic E-state index is 0.221. The van der Waals surface area contributed by atoms with Crippen LogP contribution in [0.4, 0.5) is 10.2 Å². The van der Waals surface area contributed by atoms with Crippen molar-refractivity contribution in [2.45, 2.75) is 13.8 Å². The molecule has 0 aliphatic heterocycles. The summed E-state index contributed by atoms with van der Waals surface area (Å²) in [6, 6.07) is 6.74. The van der Waals surface area contributed by atoms with Gasteiger partial charge in [-0.25, -0.2) is 9.37 Å². The van der Waals surface area contributed by atoms with E-state index < -0.39 is 0 Å². The van der Waals surface area contributed by atoms with E-state index in [1.807, 2.05) is 26.0 Å². The highest BCUT2D eigenvalue weighted by Crippen LogP contribution is 2.30. The third-order valence-electron chi connectivity index (χ3n) is 2.61. The second kappa shape index (κ2) is 3.93. The van der Waals surface area contributed by atoms with Gasteiger partial charge in [-0.1, -0.05) is 0 Å². The van der Waals surface area contributed by atoms with E-state index in [1.54, 1.807) is 6.20 Å². The first-order chi connectivity index (χ1) is 7.59. The van der Waals surface area contributed by atoms with Crippen LogP contribution in [0, 0.1) is 19.7 Å². The van der Waals surface area contributed by atoms with Gasteiger partial charge < -0.3 is 5.73 Å². The lowest BCUT2D eigenvalue weighted by molar-refractivity contribution is 0.625. The lowest BCUT2D eigenvalue weighted by Crippen LogP contribution is -1.97. The number of hydrogen-bond acceptors (Lipinski definition) is 2. The molecule has 0 saturated heterocycles. The normalized spacial score (nSPS) is 10.4. The second-order valence-electron chi connectivity index (χ2n) is 3.85. The number of aromatic nitrogens is 1. The van der Waals surface area contributed by atoms with E-state index >= 15 is 0 Å². The Bertz CT molecular complexity index is 512. The van der Waals surface area contributed by atoms with Crippen molar-refractivity contribution in [3.63, 3.8) is 0 Å². The molecule has 0 aliphatic rings. The Balaban J connectivity index is 2.70. The molecular weight excluding hydrogens is 203 g/mol. The maximum absolute atomic E-state index is 13.2. The molecule has 0 spiro atoms. The van der Waals surface area contributed by atoms with Crippen LogP contribution in [-0.4, -0.2) is 4.98 Å². The molecule has 0 aliphatic carbocycles. The maximum atomic E-state index is 13.2. The molecule has 0 bridgehead atoms. The van der Waals surface area contributed by atoms with Crippen molar-refractivity contribution in [1.29, 1.82) is 0 Å². The fraction of sp³-hybridized carbons (Fsp3) is 0.154. The highest BCUT2D eigenvalue weighted by atomic mass is 19.1. The van der Waals surface area contributed by atoms with Gasteiger partial charge in [0.15, 0.2) is 0 Å². The lowest BCUT2D eigenvalue weighted by Gasteiger charge is -2.11. The summed E-state index contributed by atoms with van der Waals surface area (Å²) in [4.78, 5) is 4.04. The van der Waals surface area contributed by atoms with E-state index in [0.717, 1.165) is 22.3 Å². The van der Waals surface area contributed by atoms with Gasteiger partial charge in [-0.15, -0.1) is 0 Å². The Hall–Kier alpha value is -1.90. The van der Waals surface area contributed by atoms with E-state index in [2.05, 4.69) is 4.98 Å². The molecule has 2 N–H and O–H groups in total. The van der Waals surface area contributed by atoms with Crippen LogP contribution in [0.15, 0.2) is 30.5 Å². The van der Waals surface area contributed by atoms with E-state index in [1.165, 1.54) is 12.1 Å². The van der Waals surface area contributed by atoms with Gasteiger partial charge >= 0.3 is 0 Å². The van der Waals surface area contributed by atoms with Crippen molar-refractivity contribution >= 4 is 5.82 Å². The first-order valence-electron chi connectivity index (χ1n) is 5.07. The summed E-state index contributed by atoms with van der Waals surface area (Å²) in [5, 5.41) is 0. The highest BCUT2D eigenvalue weighted by molar-refractivity contribution is 5.78. The number of aryl methyl sites for hydroxylation is 2. The number of rotatable bonds is 1. The van der Waals surface area contributed by atoms with Gasteiger partial charge in [-0.2, -0.15) is 0 Å². The second-order valence-corrected chi connectivity index (χ2v) is 3.85. The van der Waals surface area contributed by atoms with Crippen molar-refractivity contribution in [3.8, 4) is 11.1 Å². The monoisotopic (exact) mass is 216 g/mol. The zero-order chi connectivity index (χ0) is 11.7. The van der Waals surface area contributed by atoms with Crippen molar-refractivity contribution in [2.75, 3.05) is 5.73 Å². The van der Waals surface area contributed by atoms with Crippen LogP contribution >= 0.6 is 0 Å². The average Bonchev–Trinajstić information content (AvgIpc) is 2.19. The number of nitrogens with zero attached hydrogens (tertiary/aromatic N) is 1. The summed E-state index contributed by atoms with van der Waals surface area (Å²) in [5.74, 6) is 0.251. The van der Waals surface area contributed by atoms with E-state index in [9.17, 15) is 4.39 Å². The first-order valence-corrected chi connectivity index (χ1v) is 5.07. The molecule has 0 radical (unpaired) electrons. The molecule has 82 valence electrons. The zero-order valence-corrected chi connectivity index (χ0v) is 9.29. The molecule has 3 heteroatoms. The topological polar surface area (TPSA) is 38.9 Å². The molecule has 2 rings (SSSR count). The fourth-order valence-electron chi connectivity index (χ4n) is 1.96. The molecule has 16 heavy (non-hydrogen) atoms. The first kappa shape index (κ1) is 10.6. The minimum atomic E-state index is -0.221. The van der Waals surface area contributed by atoms with Crippen molar-refractivity contribution in [3.05, 3.63) is 47.4 Å². The molecule has 0 unspecified atom stereocenters. The van der Waals surface area contributed by atoms with Gasteiger partial charge in [0.1, 0.15) is 11.6 Å². The molecule has 1 aromatic carbocycles. The quantitative estimate of drug-likeness (QED) is 0.795. The Labute approximate surface area is 93.9 Å². The molecule has 0 fully saturated rings. The SMILES string of the molecule is Cc1cc(F)cc(C)c1-c1cccnc1N. The predicted molar refractivity (Wildman–Crippen MR) is 63.5 cm³/mol. The predicted octanol–water partition coefficient (Wildman–Crippen LogP) is 3.09. The third-order valence-corrected chi connectivity index (χ3v) is 2.61. The standard InChI is InChI=1S/C13H13FN2/c1-8-6-10(14)7-9(2)12(8)11-4-3-5-16-13(11)15/h3-7H,1-2H3,(H2,15,16). The van der Waals surface area contributed by atoms with E-state index in [-0.39, 0.29) is 5.82 Å². The summed E-state index contributed by atoms with van der Waals surface area (Å²) in [6.45, 7) is 3.75. The number of halogens is 1. The molecule has 0 saturated carbocycles. The number of nitrogen functional groups attached to an aromatic ring is 1. The Morgan fingerprint density at radius 1 is 1.19 bits per heavy atom. The highest BCUT2D eigenvalue weighted by Gasteiger charge is 2.10. The summed E-state index contributed by atoms with van der Waals surface area (Å²) in [6.07, 6.45) is 1.65. The van der Waals surface area contributed by atoms with Gasteiger partial charge in [0.2, 0.25) is 0 Å². The van der Waals surface area contributed by atoms with Crippen LogP contribution in [0.5, 0.6) is 0 Å². The molecule has 1 heterocycles. The van der Waals surface area contributed by atoms with E-state index in [4.69, 9.17) is 5.73 Å². The molecule has 2 nitrogen and oxygen atoms in total. The smallest absolute Gasteiger partial charge is 0.131 e. The maximum Gasteiger partial charge on any atom is 0.131 e. The number of nitrogens with two attached hydrogens (primary N) is 1. The number of benzene rings is 1. The van der Waals surface area contributed by atoms with Gasteiger partial charge in [0.05, 0.1) is 0 Å². The van der Waals surface area contributed by atoms with Gasteiger partial charge in [-0.3, -0.25) is 0 Å². The summed E-state index contributed by atoms with van der Waals surface area (Å²) in [7, 11) is 0. The van der Waals surface area contributed by atoms with Crippen LogP contribution in [0.1, 0.15) is 11.1 Å². The molecule has 0 amide bonds. The molecular formula is C13H13FN2. The van der Waals surface area contributed by atoms with E-state index in [0.29, 0.717) is 5.82 Å². The Morgan fingerprint density at radius 2 is 1.81 bits per heavy atom. The summed E-state index contributed by atoms with van der Waals surface area (Å²) < 4.78 is 13.2. The average molecular weight is 216 g/mol. The van der Waals surface area contributed by atoms with Crippen LogP contribution in [-0.2, 0) is 0 Å². The Morgan fingerprint density at radius 3 is 2.38 bits per heavy atom.